The molecule has 1 saturated carbocycles. The minimum Gasteiger partial charge on any atom is -0.508 e. The molecule has 1 aromatic carbocycles. The first-order chi connectivity index (χ1) is 10.2. The number of piperidine rings is 1. The maximum atomic E-state index is 9.98. The number of nitrogens with zero attached hydrogens (tertiary/aromatic N) is 1. The molecule has 2 nitrogen and oxygen atoms in total. The highest BCUT2D eigenvalue weighted by molar-refractivity contribution is 5.45. The van der Waals surface area contributed by atoms with Crippen molar-refractivity contribution in [1.29, 1.82) is 0 Å². The van der Waals surface area contributed by atoms with E-state index in [1.807, 2.05) is 6.07 Å². The molecule has 0 radical (unpaired) electrons. The number of hydrogen-bond acceptors (Lipinski definition) is 2. The summed E-state index contributed by atoms with van der Waals surface area (Å²) in [5.74, 6) is 1.22. The summed E-state index contributed by atoms with van der Waals surface area (Å²) in [6, 6.07) is 6.79. The van der Waals surface area contributed by atoms with Gasteiger partial charge >= 0.3 is 0 Å². The molecule has 21 heavy (non-hydrogen) atoms. The largest absolute Gasteiger partial charge is 0.508 e. The molecule has 1 heterocycles. The fourth-order valence-corrected chi connectivity index (χ4v) is 5.47. The minimum absolute atomic E-state index is 0.340. The third-order valence-electron chi connectivity index (χ3n) is 6.30. The molecular formula is C19H25NO. The van der Waals surface area contributed by atoms with Gasteiger partial charge in [0.25, 0.3) is 0 Å². The first-order valence-electron chi connectivity index (χ1n) is 8.42. The van der Waals surface area contributed by atoms with Crippen LogP contribution >= 0.6 is 0 Å². The number of phenols is 1. The Hall–Kier alpha value is -1.28. The molecule has 0 spiro atoms. The molecule has 1 aliphatic heterocycles. The lowest BCUT2D eigenvalue weighted by atomic mass is 9.52. The molecule has 2 aliphatic carbocycles. The zero-order valence-electron chi connectivity index (χ0n) is 12.7. The maximum absolute atomic E-state index is 9.98. The van der Waals surface area contributed by atoms with Crippen LogP contribution in [0.5, 0.6) is 5.75 Å². The standard InChI is InChI=1S/C19H25NO/c1-2-10-20-11-9-19-8-4-3-5-16(19)18(20)12-14-6-7-15(21)13-17(14)19/h2,6-7,13,16,18,21H,1,3-5,8-12H2/t16?,18-,19-/m0/s1. The van der Waals surface area contributed by atoms with Crippen molar-refractivity contribution in [3.8, 4) is 5.75 Å². The van der Waals surface area contributed by atoms with Gasteiger partial charge in [-0.1, -0.05) is 25.0 Å². The van der Waals surface area contributed by atoms with Crippen molar-refractivity contribution in [3.63, 3.8) is 0 Å². The Kier molecular flexibility index (Phi) is 3.11. The second-order valence-electron chi connectivity index (χ2n) is 7.15. The van der Waals surface area contributed by atoms with Crippen LogP contribution in [0.25, 0.3) is 0 Å². The van der Waals surface area contributed by atoms with Crippen LogP contribution in [-0.4, -0.2) is 29.1 Å². The summed E-state index contributed by atoms with van der Waals surface area (Å²) in [7, 11) is 0. The molecule has 0 amide bonds. The lowest BCUT2D eigenvalue weighted by molar-refractivity contribution is -0.00517. The van der Waals surface area contributed by atoms with Crippen LogP contribution in [0.3, 0.4) is 0 Å². The van der Waals surface area contributed by atoms with Gasteiger partial charge in [-0.15, -0.1) is 6.58 Å². The molecule has 1 unspecified atom stereocenters. The lowest BCUT2D eigenvalue weighted by Crippen LogP contribution is -2.60. The van der Waals surface area contributed by atoms with E-state index in [2.05, 4.69) is 29.7 Å². The normalized spacial score (nSPS) is 34.9. The summed E-state index contributed by atoms with van der Waals surface area (Å²) < 4.78 is 0. The van der Waals surface area contributed by atoms with Crippen LogP contribution in [0, 0.1) is 5.92 Å². The highest BCUT2D eigenvalue weighted by atomic mass is 16.3. The van der Waals surface area contributed by atoms with E-state index in [-0.39, 0.29) is 0 Å². The number of likely N-dealkylation sites (tertiary alicyclic amines) is 1. The molecule has 0 aromatic heterocycles. The predicted molar refractivity (Wildman–Crippen MR) is 85.6 cm³/mol. The van der Waals surface area contributed by atoms with Gasteiger partial charge in [-0.05, 0) is 61.4 Å². The Morgan fingerprint density at radius 2 is 2.24 bits per heavy atom. The van der Waals surface area contributed by atoms with Gasteiger partial charge in [0.15, 0.2) is 0 Å². The maximum Gasteiger partial charge on any atom is 0.115 e. The van der Waals surface area contributed by atoms with Gasteiger partial charge in [0, 0.05) is 18.0 Å². The molecule has 2 bridgehead atoms. The molecule has 2 fully saturated rings. The van der Waals surface area contributed by atoms with Crippen LogP contribution in [0.4, 0.5) is 0 Å². The Balaban J connectivity index is 1.83. The fraction of sp³-hybridized carbons (Fsp3) is 0.579. The Morgan fingerprint density at radius 3 is 3.10 bits per heavy atom. The summed E-state index contributed by atoms with van der Waals surface area (Å²) >= 11 is 0. The number of aromatic hydroxyl groups is 1. The summed E-state index contributed by atoms with van der Waals surface area (Å²) in [5, 5.41) is 9.98. The number of benzene rings is 1. The minimum atomic E-state index is 0.340. The molecule has 2 heteroatoms. The predicted octanol–water partition coefficient (Wildman–Crippen LogP) is 3.64. The van der Waals surface area contributed by atoms with Gasteiger partial charge in [0.05, 0.1) is 0 Å². The van der Waals surface area contributed by atoms with E-state index in [0.29, 0.717) is 17.2 Å². The van der Waals surface area contributed by atoms with Crippen LogP contribution in [0.1, 0.15) is 43.2 Å². The van der Waals surface area contributed by atoms with Crippen molar-refractivity contribution in [3.05, 3.63) is 42.0 Å². The Morgan fingerprint density at radius 1 is 1.33 bits per heavy atom. The Bertz CT molecular complexity index is 567. The van der Waals surface area contributed by atoms with E-state index < -0.39 is 0 Å². The van der Waals surface area contributed by atoms with E-state index in [1.165, 1.54) is 49.8 Å². The summed E-state index contributed by atoms with van der Waals surface area (Å²) in [5.41, 5.74) is 3.29. The molecule has 1 N–H and O–H groups in total. The van der Waals surface area contributed by atoms with Gasteiger partial charge in [-0.2, -0.15) is 0 Å². The van der Waals surface area contributed by atoms with Gasteiger partial charge in [0.2, 0.25) is 0 Å². The smallest absolute Gasteiger partial charge is 0.115 e. The third-order valence-corrected chi connectivity index (χ3v) is 6.30. The van der Waals surface area contributed by atoms with E-state index >= 15 is 0 Å². The van der Waals surface area contributed by atoms with E-state index in [9.17, 15) is 5.11 Å². The number of hydrogen-bond donors (Lipinski definition) is 1. The second-order valence-corrected chi connectivity index (χ2v) is 7.15. The van der Waals surface area contributed by atoms with E-state index in [4.69, 9.17) is 0 Å². The van der Waals surface area contributed by atoms with Crippen molar-refractivity contribution < 1.29 is 5.11 Å². The highest BCUT2D eigenvalue weighted by Crippen LogP contribution is 2.56. The summed E-state index contributed by atoms with van der Waals surface area (Å²) in [6.07, 6.45) is 9.84. The van der Waals surface area contributed by atoms with Crippen LogP contribution in [0.15, 0.2) is 30.9 Å². The average molecular weight is 283 g/mol. The zero-order chi connectivity index (χ0) is 14.4. The van der Waals surface area contributed by atoms with Crippen LogP contribution in [-0.2, 0) is 11.8 Å². The first kappa shape index (κ1) is 13.4. The lowest BCUT2D eigenvalue weighted by Gasteiger charge is -2.59. The van der Waals surface area contributed by atoms with Gasteiger partial charge < -0.3 is 5.11 Å². The number of fused-ring (bicyclic) bond motifs is 1. The highest BCUT2D eigenvalue weighted by Gasteiger charge is 2.53. The van der Waals surface area contributed by atoms with Crippen molar-refractivity contribution in [2.75, 3.05) is 13.1 Å². The summed E-state index contributed by atoms with van der Waals surface area (Å²) in [6.45, 7) is 6.15. The van der Waals surface area contributed by atoms with Gasteiger partial charge in [0.1, 0.15) is 5.75 Å². The number of phenolic OH excluding ortho intramolecular Hbond substituents is 1. The van der Waals surface area contributed by atoms with Gasteiger partial charge in [-0.3, -0.25) is 4.90 Å². The van der Waals surface area contributed by atoms with Crippen molar-refractivity contribution in [2.45, 2.75) is 50.0 Å². The van der Waals surface area contributed by atoms with Crippen molar-refractivity contribution in [2.24, 2.45) is 5.92 Å². The van der Waals surface area contributed by atoms with E-state index in [0.717, 1.165) is 18.9 Å². The van der Waals surface area contributed by atoms with Gasteiger partial charge in [-0.25, -0.2) is 0 Å². The second kappa shape index (κ2) is 4.88. The first-order valence-corrected chi connectivity index (χ1v) is 8.42. The topological polar surface area (TPSA) is 23.5 Å². The molecular weight excluding hydrogens is 258 g/mol. The average Bonchev–Trinajstić information content (AvgIpc) is 2.51. The monoisotopic (exact) mass is 283 g/mol. The van der Waals surface area contributed by atoms with Crippen molar-refractivity contribution in [1.82, 2.24) is 4.90 Å². The molecule has 4 rings (SSSR count). The Labute approximate surface area is 127 Å². The van der Waals surface area contributed by atoms with Crippen LogP contribution < -0.4 is 0 Å². The zero-order valence-corrected chi connectivity index (χ0v) is 12.7. The molecule has 1 saturated heterocycles. The fourth-order valence-electron chi connectivity index (χ4n) is 5.47. The van der Waals surface area contributed by atoms with E-state index in [1.54, 1.807) is 0 Å². The SMILES string of the molecule is C=CCN1CC[C@@]23CCCCC2[C@@H]1Cc1ccc(O)cc13. The molecule has 112 valence electrons. The third kappa shape index (κ3) is 1.88. The molecule has 1 aromatic rings. The number of rotatable bonds is 2. The quantitative estimate of drug-likeness (QED) is 0.838. The summed E-state index contributed by atoms with van der Waals surface area (Å²) in [4.78, 5) is 2.65. The van der Waals surface area contributed by atoms with Crippen molar-refractivity contribution >= 4 is 0 Å². The molecule has 3 atom stereocenters. The molecule has 3 aliphatic rings. The van der Waals surface area contributed by atoms with Crippen LogP contribution in [0.2, 0.25) is 0 Å².